The fourth-order valence-electron chi connectivity index (χ4n) is 2.12. The van der Waals surface area contributed by atoms with Crippen LogP contribution in [0, 0.1) is 11.6 Å². The van der Waals surface area contributed by atoms with E-state index in [0.29, 0.717) is 16.0 Å². The Morgan fingerprint density at radius 3 is 2.52 bits per heavy atom. The summed E-state index contributed by atoms with van der Waals surface area (Å²) in [5.41, 5.74) is 0.157. The first kappa shape index (κ1) is 13.7. The maximum Gasteiger partial charge on any atom is 0.206 e. The molecule has 3 rings (SSSR count). The molecule has 0 radical (unpaired) electrons. The summed E-state index contributed by atoms with van der Waals surface area (Å²) in [5, 5.41) is 0.652. The molecule has 0 saturated carbocycles. The third kappa shape index (κ3) is 2.52. The van der Waals surface area contributed by atoms with Crippen molar-refractivity contribution >= 4 is 27.2 Å². The molecule has 0 atom stereocenters. The highest BCUT2D eigenvalue weighted by Gasteiger charge is 2.18. The van der Waals surface area contributed by atoms with Crippen LogP contribution in [0.5, 0.6) is 5.75 Å². The first-order chi connectivity index (χ1) is 10.1. The summed E-state index contributed by atoms with van der Waals surface area (Å²) in [4.78, 5) is 12.9. The van der Waals surface area contributed by atoms with Crippen molar-refractivity contribution in [2.45, 2.75) is 0 Å². The molecule has 2 nitrogen and oxygen atoms in total. The molecule has 0 N–H and O–H groups in total. The van der Waals surface area contributed by atoms with Crippen LogP contribution in [0.3, 0.4) is 0 Å². The Morgan fingerprint density at radius 1 is 1.05 bits per heavy atom. The number of methoxy groups -OCH3 is 1. The van der Waals surface area contributed by atoms with Gasteiger partial charge < -0.3 is 4.74 Å². The van der Waals surface area contributed by atoms with Crippen LogP contribution in [0.15, 0.2) is 42.5 Å². The molecule has 0 bridgehead atoms. The van der Waals surface area contributed by atoms with E-state index in [-0.39, 0.29) is 17.2 Å². The van der Waals surface area contributed by atoms with Gasteiger partial charge in [0.25, 0.3) is 0 Å². The number of rotatable bonds is 3. The van der Waals surface area contributed by atoms with E-state index in [0.717, 1.165) is 10.8 Å². The lowest BCUT2D eigenvalue weighted by Crippen LogP contribution is -2.02. The summed E-state index contributed by atoms with van der Waals surface area (Å²) < 4.78 is 32.4. The van der Waals surface area contributed by atoms with E-state index < -0.39 is 5.82 Å². The van der Waals surface area contributed by atoms with Gasteiger partial charge in [-0.1, -0.05) is 0 Å². The van der Waals surface area contributed by atoms with E-state index in [1.807, 2.05) is 0 Å². The van der Waals surface area contributed by atoms with Crippen LogP contribution in [0.25, 0.3) is 10.1 Å². The highest BCUT2D eigenvalue weighted by Crippen LogP contribution is 2.30. The van der Waals surface area contributed by atoms with Gasteiger partial charge in [-0.15, -0.1) is 11.3 Å². The fourth-order valence-corrected chi connectivity index (χ4v) is 3.11. The Labute approximate surface area is 123 Å². The Balaban J connectivity index is 2.10. The van der Waals surface area contributed by atoms with E-state index in [1.165, 1.54) is 42.7 Å². The van der Waals surface area contributed by atoms with Crippen LogP contribution in [-0.4, -0.2) is 12.9 Å². The van der Waals surface area contributed by atoms with E-state index in [9.17, 15) is 13.6 Å². The lowest BCUT2D eigenvalue weighted by atomic mass is 10.1. The molecule has 21 heavy (non-hydrogen) atoms. The Hall–Kier alpha value is -2.27. The first-order valence-electron chi connectivity index (χ1n) is 6.16. The molecule has 0 fully saturated rings. The maximum absolute atomic E-state index is 13.4. The summed E-state index contributed by atoms with van der Waals surface area (Å²) in [7, 11) is 1.42. The van der Waals surface area contributed by atoms with Crippen LogP contribution in [0.2, 0.25) is 0 Å². The van der Waals surface area contributed by atoms with Crippen molar-refractivity contribution in [2.24, 2.45) is 0 Å². The molecule has 5 heteroatoms. The van der Waals surface area contributed by atoms with Crippen LogP contribution in [0.1, 0.15) is 15.2 Å². The van der Waals surface area contributed by atoms with Gasteiger partial charge in [-0.05, 0) is 47.9 Å². The fraction of sp³-hybridized carbons (Fsp3) is 0.0625. The normalized spacial score (nSPS) is 10.8. The van der Waals surface area contributed by atoms with Crippen molar-refractivity contribution in [2.75, 3.05) is 7.11 Å². The predicted molar refractivity (Wildman–Crippen MR) is 78.2 cm³/mol. The molecular formula is C16H10F2O2S. The Kier molecular flexibility index (Phi) is 3.43. The third-order valence-electron chi connectivity index (χ3n) is 3.11. The Morgan fingerprint density at radius 2 is 1.76 bits per heavy atom. The molecule has 0 amide bonds. The SMILES string of the molecule is COc1ccc(F)cc1C(=O)c1cc2cc(F)ccc2s1. The van der Waals surface area contributed by atoms with Crippen molar-refractivity contribution in [3.63, 3.8) is 0 Å². The highest BCUT2D eigenvalue weighted by molar-refractivity contribution is 7.21. The van der Waals surface area contributed by atoms with Gasteiger partial charge in [-0.3, -0.25) is 4.79 Å². The zero-order valence-corrected chi connectivity index (χ0v) is 11.8. The van der Waals surface area contributed by atoms with Gasteiger partial charge in [0.1, 0.15) is 17.4 Å². The summed E-state index contributed by atoms with van der Waals surface area (Å²) >= 11 is 1.24. The third-order valence-corrected chi connectivity index (χ3v) is 4.22. The van der Waals surface area contributed by atoms with Gasteiger partial charge in [0.15, 0.2) is 0 Å². The molecule has 1 aromatic heterocycles. The molecule has 0 spiro atoms. The number of thiophene rings is 1. The molecule has 106 valence electrons. The molecule has 2 aromatic carbocycles. The monoisotopic (exact) mass is 304 g/mol. The van der Waals surface area contributed by atoms with Gasteiger partial charge in [-0.25, -0.2) is 8.78 Å². The zero-order valence-electron chi connectivity index (χ0n) is 11.0. The van der Waals surface area contributed by atoms with Gasteiger partial charge in [0, 0.05) is 4.70 Å². The molecule has 0 aliphatic carbocycles. The smallest absolute Gasteiger partial charge is 0.206 e. The molecular weight excluding hydrogens is 294 g/mol. The largest absolute Gasteiger partial charge is 0.496 e. The quantitative estimate of drug-likeness (QED) is 0.670. The van der Waals surface area contributed by atoms with Gasteiger partial charge in [0.2, 0.25) is 5.78 Å². The van der Waals surface area contributed by atoms with Crippen molar-refractivity contribution in [3.05, 3.63) is 64.5 Å². The van der Waals surface area contributed by atoms with E-state index in [2.05, 4.69) is 0 Å². The number of halogens is 2. The Bertz CT molecular complexity index is 839. The second-order valence-corrected chi connectivity index (χ2v) is 5.55. The minimum absolute atomic E-state index is 0.157. The standard InChI is InChI=1S/C16H10F2O2S/c1-20-13-4-2-11(18)8-12(13)16(19)15-7-9-6-10(17)3-5-14(9)21-15/h2-8H,1H3. The molecule has 0 aliphatic heterocycles. The molecule has 0 saturated heterocycles. The van der Waals surface area contributed by atoms with Crippen molar-refractivity contribution in [3.8, 4) is 5.75 Å². The number of carbonyl (C=O) groups excluding carboxylic acids is 1. The summed E-state index contributed by atoms with van der Waals surface area (Å²) in [6, 6.07) is 9.73. The summed E-state index contributed by atoms with van der Waals surface area (Å²) in [6.45, 7) is 0. The average molecular weight is 304 g/mol. The number of carbonyl (C=O) groups is 1. The minimum atomic E-state index is -0.508. The first-order valence-corrected chi connectivity index (χ1v) is 6.97. The summed E-state index contributed by atoms with van der Waals surface area (Å²) in [5.74, 6) is -0.896. The van der Waals surface area contributed by atoms with Crippen molar-refractivity contribution in [1.29, 1.82) is 0 Å². The molecule has 1 heterocycles. The van der Waals surface area contributed by atoms with E-state index in [1.54, 1.807) is 12.1 Å². The van der Waals surface area contributed by atoms with Gasteiger partial charge in [0.05, 0.1) is 17.6 Å². The van der Waals surface area contributed by atoms with E-state index >= 15 is 0 Å². The topological polar surface area (TPSA) is 26.3 Å². The second-order valence-electron chi connectivity index (χ2n) is 4.47. The van der Waals surface area contributed by atoms with Crippen LogP contribution in [0.4, 0.5) is 8.78 Å². The number of hydrogen-bond acceptors (Lipinski definition) is 3. The minimum Gasteiger partial charge on any atom is -0.496 e. The molecule has 0 unspecified atom stereocenters. The van der Waals surface area contributed by atoms with Crippen molar-refractivity contribution < 1.29 is 18.3 Å². The second kappa shape index (κ2) is 5.26. The lowest BCUT2D eigenvalue weighted by Gasteiger charge is -2.06. The van der Waals surface area contributed by atoms with Crippen LogP contribution in [-0.2, 0) is 0 Å². The van der Waals surface area contributed by atoms with Crippen LogP contribution < -0.4 is 4.74 Å². The predicted octanol–water partition coefficient (Wildman–Crippen LogP) is 4.42. The highest BCUT2D eigenvalue weighted by atomic mass is 32.1. The molecule has 3 aromatic rings. The lowest BCUT2D eigenvalue weighted by molar-refractivity contribution is 0.103. The molecule has 0 aliphatic rings. The van der Waals surface area contributed by atoms with E-state index in [4.69, 9.17) is 4.74 Å². The number of benzene rings is 2. The summed E-state index contributed by atoms with van der Waals surface area (Å²) in [6.07, 6.45) is 0. The number of hydrogen-bond donors (Lipinski definition) is 0. The zero-order chi connectivity index (χ0) is 15.0. The van der Waals surface area contributed by atoms with Gasteiger partial charge >= 0.3 is 0 Å². The van der Waals surface area contributed by atoms with Crippen molar-refractivity contribution in [1.82, 2.24) is 0 Å². The van der Waals surface area contributed by atoms with Crippen LogP contribution >= 0.6 is 11.3 Å². The number of fused-ring (bicyclic) bond motifs is 1. The average Bonchev–Trinajstić information content (AvgIpc) is 2.89. The number of ketones is 1. The maximum atomic E-state index is 13.4. The van der Waals surface area contributed by atoms with Gasteiger partial charge in [-0.2, -0.15) is 0 Å². The number of ether oxygens (including phenoxy) is 1.